The number of carbonyl (C=O) groups excluding carboxylic acids is 2. The van der Waals surface area contributed by atoms with E-state index in [1.54, 1.807) is 0 Å². The van der Waals surface area contributed by atoms with Crippen LogP contribution in [0.5, 0.6) is 0 Å². The van der Waals surface area contributed by atoms with E-state index < -0.39 is 0 Å². The van der Waals surface area contributed by atoms with Crippen molar-refractivity contribution in [3.8, 4) is 0 Å². The molecule has 3 amide bonds. The van der Waals surface area contributed by atoms with Crippen molar-refractivity contribution in [2.45, 2.75) is 57.5 Å². The Bertz CT molecular complexity index is 902. The van der Waals surface area contributed by atoms with E-state index in [2.05, 4.69) is 17.1 Å². The lowest BCUT2D eigenvalue weighted by Gasteiger charge is -2.43. The van der Waals surface area contributed by atoms with Gasteiger partial charge in [-0.15, -0.1) is 0 Å². The van der Waals surface area contributed by atoms with E-state index in [1.807, 2.05) is 59.5 Å². The van der Waals surface area contributed by atoms with Gasteiger partial charge >= 0.3 is 6.03 Å². The molecule has 6 heteroatoms. The Labute approximate surface area is 196 Å². The number of likely N-dealkylation sites (tertiary alicyclic amines) is 1. The van der Waals surface area contributed by atoms with Gasteiger partial charge in [0.25, 0.3) is 0 Å². The van der Waals surface area contributed by atoms with Crippen LogP contribution in [0.15, 0.2) is 54.6 Å². The number of amides is 3. The van der Waals surface area contributed by atoms with Gasteiger partial charge in [-0.25, -0.2) is 4.79 Å². The summed E-state index contributed by atoms with van der Waals surface area (Å²) in [4.78, 5) is 30.2. The van der Waals surface area contributed by atoms with Gasteiger partial charge in [-0.3, -0.25) is 4.79 Å². The van der Waals surface area contributed by atoms with Crippen molar-refractivity contribution in [1.29, 1.82) is 0 Å². The smallest absolute Gasteiger partial charge is 0.321 e. The molecule has 0 atom stereocenters. The highest BCUT2D eigenvalue weighted by atomic mass is 16.5. The Balaban J connectivity index is 1.37. The summed E-state index contributed by atoms with van der Waals surface area (Å²) in [6.07, 6.45) is 4.78. The summed E-state index contributed by atoms with van der Waals surface area (Å²) < 4.78 is 5.56. The fourth-order valence-electron chi connectivity index (χ4n) is 4.90. The first-order valence-electron chi connectivity index (χ1n) is 12.2. The number of hydrogen-bond acceptors (Lipinski definition) is 3. The molecule has 2 aliphatic heterocycles. The second-order valence-corrected chi connectivity index (χ2v) is 9.01. The lowest BCUT2D eigenvalue weighted by atomic mass is 9.96. The van der Waals surface area contributed by atoms with Gasteiger partial charge in [-0.05, 0) is 55.4 Å². The van der Waals surface area contributed by atoms with Gasteiger partial charge in [-0.2, -0.15) is 0 Å². The molecule has 0 saturated carbocycles. The van der Waals surface area contributed by atoms with E-state index in [9.17, 15) is 9.59 Å². The summed E-state index contributed by atoms with van der Waals surface area (Å²) in [7, 11) is 0. The topological polar surface area (TPSA) is 61.9 Å². The minimum atomic E-state index is -0.0640. The van der Waals surface area contributed by atoms with Crippen molar-refractivity contribution in [3.63, 3.8) is 0 Å². The molecule has 176 valence electrons. The molecule has 2 fully saturated rings. The molecule has 2 heterocycles. The quantitative estimate of drug-likeness (QED) is 0.707. The van der Waals surface area contributed by atoms with Crippen LogP contribution in [0.25, 0.3) is 0 Å². The molecule has 33 heavy (non-hydrogen) atoms. The highest BCUT2D eigenvalue weighted by Crippen LogP contribution is 2.25. The van der Waals surface area contributed by atoms with Crippen molar-refractivity contribution < 1.29 is 14.3 Å². The van der Waals surface area contributed by atoms with Crippen LogP contribution < -0.4 is 5.32 Å². The van der Waals surface area contributed by atoms with E-state index in [1.165, 1.54) is 5.56 Å². The number of rotatable bonds is 6. The molecule has 2 aromatic carbocycles. The third-order valence-corrected chi connectivity index (χ3v) is 6.83. The average Bonchev–Trinajstić information content (AvgIpc) is 2.86. The normalized spacial score (nSPS) is 17.5. The van der Waals surface area contributed by atoms with Gasteiger partial charge in [0.15, 0.2) is 0 Å². The summed E-state index contributed by atoms with van der Waals surface area (Å²) in [5, 5.41) is 3.02. The number of hydrogen-bond donors (Lipinski definition) is 1. The number of piperidine rings is 1. The minimum Gasteiger partial charge on any atom is -0.381 e. The van der Waals surface area contributed by atoms with Gasteiger partial charge in [0.1, 0.15) is 0 Å². The zero-order valence-corrected chi connectivity index (χ0v) is 19.5. The van der Waals surface area contributed by atoms with Crippen LogP contribution in [0.1, 0.15) is 43.7 Å². The predicted molar refractivity (Wildman–Crippen MR) is 130 cm³/mol. The summed E-state index contributed by atoms with van der Waals surface area (Å²) in [6, 6.07) is 18.3. The third kappa shape index (κ3) is 6.14. The molecular formula is C27H35N3O3. The fourth-order valence-corrected chi connectivity index (χ4v) is 4.90. The molecule has 1 N–H and O–H groups in total. The molecule has 0 aliphatic carbocycles. The van der Waals surface area contributed by atoms with Crippen LogP contribution in [0.3, 0.4) is 0 Å². The first kappa shape index (κ1) is 23.3. The molecule has 0 spiro atoms. The molecule has 0 bridgehead atoms. The van der Waals surface area contributed by atoms with Crippen molar-refractivity contribution in [1.82, 2.24) is 9.80 Å². The van der Waals surface area contributed by atoms with Crippen LogP contribution in [0, 0.1) is 0 Å². The number of aryl methyl sites for hydroxylation is 1. The van der Waals surface area contributed by atoms with Crippen molar-refractivity contribution >= 4 is 17.6 Å². The van der Waals surface area contributed by atoms with Crippen LogP contribution in [0.4, 0.5) is 10.5 Å². The van der Waals surface area contributed by atoms with E-state index in [0.717, 1.165) is 43.4 Å². The zero-order chi connectivity index (χ0) is 23.0. The second kappa shape index (κ2) is 11.3. The van der Waals surface area contributed by atoms with Gasteiger partial charge in [0, 0.05) is 44.1 Å². The van der Waals surface area contributed by atoms with E-state index in [0.29, 0.717) is 32.7 Å². The molecule has 2 saturated heterocycles. The summed E-state index contributed by atoms with van der Waals surface area (Å²) in [6.45, 7) is 4.84. The predicted octanol–water partition coefficient (Wildman–Crippen LogP) is 4.50. The van der Waals surface area contributed by atoms with Crippen LogP contribution >= 0.6 is 0 Å². The largest absolute Gasteiger partial charge is 0.381 e. The van der Waals surface area contributed by atoms with Gasteiger partial charge in [0.05, 0.1) is 6.42 Å². The van der Waals surface area contributed by atoms with Gasteiger partial charge < -0.3 is 19.9 Å². The maximum atomic E-state index is 13.4. The highest BCUT2D eigenvalue weighted by molar-refractivity contribution is 5.89. The summed E-state index contributed by atoms with van der Waals surface area (Å²) >= 11 is 0. The number of carbonyl (C=O) groups is 2. The maximum absolute atomic E-state index is 13.4. The SMILES string of the molecule is CCc1ccc(NC(=O)N2CCC(N(C(=O)Cc3ccccc3)C3CCOCC3)CC2)cc1. The molecule has 0 radical (unpaired) electrons. The first-order valence-corrected chi connectivity index (χ1v) is 12.2. The van der Waals surface area contributed by atoms with Crippen molar-refractivity contribution in [3.05, 3.63) is 65.7 Å². The molecule has 2 aromatic rings. The van der Waals surface area contributed by atoms with E-state index >= 15 is 0 Å². The number of nitrogens with zero attached hydrogens (tertiary/aromatic N) is 2. The summed E-state index contributed by atoms with van der Waals surface area (Å²) in [5.74, 6) is 0.187. The first-order chi connectivity index (χ1) is 16.1. The van der Waals surface area contributed by atoms with Crippen molar-refractivity contribution in [2.75, 3.05) is 31.6 Å². The van der Waals surface area contributed by atoms with Crippen molar-refractivity contribution in [2.24, 2.45) is 0 Å². The average molecular weight is 450 g/mol. The van der Waals surface area contributed by atoms with E-state index in [-0.39, 0.29) is 24.0 Å². The fraction of sp³-hybridized carbons (Fsp3) is 0.481. The summed E-state index contributed by atoms with van der Waals surface area (Å²) in [5.41, 5.74) is 3.12. The molecule has 0 aromatic heterocycles. The Morgan fingerprint density at radius 2 is 1.55 bits per heavy atom. The monoisotopic (exact) mass is 449 g/mol. The third-order valence-electron chi connectivity index (χ3n) is 6.83. The molecular weight excluding hydrogens is 414 g/mol. The molecule has 4 rings (SSSR count). The Morgan fingerprint density at radius 1 is 0.909 bits per heavy atom. The lowest BCUT2D eigenvalue weighted by Crippen LogP contribution is -2.54. The molecule has 0 unspecified atom stereocenters. The van der Waals surface area contributed by atoms with Crippen LogP contribution in [-0.4, -0.2) is 60.1 Å². The lowest BCUT2D eigenvalue weighted by molar-refractivity contribution is -0.139. The highest BCUT2D eigenvalue weighted by Gasteiger charge is 2.34. The maximum Gasteiger partial charge on any atom is 0.321 e. The minimum absolute atomic E-state index is 0.0640. The Hall–Kier alpha value is -2.86. The Kier molecular flexibility index (Phi) is 8.00. The van der Waals surface area contributed by atoms with Crippen LogP contribution in [-0.2, 0) is 22.4 Å². The standard InChI is InChI=1S/C27H35N3O3/c1-2-21-8-10-23(11-9-21)28-27(32)29-16-12-24(13-17-29)30(25-14-18-33-19-15-25)26(31)20-22-6-4-3-5-7-22/h3-11,24-25H,2,12-20H2,1H3,(H,28,32). The Morgan fingerprint density at radius 3 is 2.18 bits per heavy atom. The van der Waals surface area contributed by atoms with Gasteiger partial charge in [-0.1, -0.05) is 49.4 Å². The zero-order valence-electron chi connectivity index (χ0n) is 19.5. The number of nitrogens with one attached hydrogen (secondary N) is 1. The molecule has 2 aliphatic rings. The number of urea groups is 1. The molecule has 6 nitrogen and oxygen atoms in total. The number of benzene rings is 2. The van der Waals surface area contributed by atoms with Crippen LogP contribution in [0.2, 0.25) is 0 Å². The number of anilines is 1. The van der Waals surface area contributed by atoms with Gasteiger partial charge in [0.2, 0.25) is 5.91 Å². The second-order valence-electron chi connectivity index (χ2n) is 9.01. The van der Waals surface area contributed by atoms with E-state index in [4.69, 9.17) is 4.74 Å². The number of ether oxygens (including phenoxy) is 1.